The Balaban J connectivity index is 1.83. The van der Waals surface area contributed by atoms with Gasteiger partial charge >= 0.3 is 5.97 Å². The predicted molar refractivity (Wildman–Crippen MR) is 118 cm³/mol. The maximum absolute atomic E-state index is 14.2. The number of rotatable bonds is 6. The van der Waals surface area contributed by atoms with E-state index in [-0.39, 0.29) is 30.1 Å². The first-order valence-corrected chi connectivity index (χ1v) is 10.3. The summed E-state index contributed by atoms with van der Waals surface area (Å²) >= 11 is 0. The summed E-state index contributed by atoms with van der Waals surface area (Å²) in [6.07, 6.45) is 1.68. The molecule has 0 amide bonds. The number of nitrogens with zero attached hydrogens (tertiary/aromatic N) is 2. The van der Waals surface area contributed by atoms with Crippen LogP contribution in [0, 0.1) is 24.4 Å². The summed E-state index contributed by atoms with van der Waals surface area (Å²) in [7, 11) is 1.31. The van der Waals surface area contributed by atoms with Gasteiger partial charge in [-0.1, -0.05) is 12.1 Å². The highest BCUT2D eigenvalue weighted by Gasteiger charge is 2.18. The molecule has 4 aromatic rings. The van der Waals surface area contributed by atoms with E-state index in [1.54, 1.807) is 18.3 Å². The average Bonchev–Trinajstić information content (AvgIpc) is 3.07. The Bertz CT molecular complexity index is 1420. The zero-order chi connectivity index (χ0) is 23.7. The average molecular weight is 454 g/mol. The van der Waals surface area contributed by atoms with Crippen molar-refractivity contribution in [2.75, 3.05) is 7.11 Å². The number of pyridine rings is 1. The van der Waals surface area contributed by atoms with Crippen molar-refractivity contribution < 1.29 is 22.7 Å². The first kappa shape index (κ1) is 22.4. The highest BCUT2D eigenvalue weighted by molar-refractivity contribution is 5.98. The van der Waals surface area contributed by atoms with Gasteiger partial charge in [0.05, 0.1) is 20.1 Å². The van der Waals surface area contributed by atoms with Crippen LogP contribution in [0.4, 0.5) is 13.2 Å². The van der Waals surface area contributed by atoms with Gasteiger partial charge in [-0.2, -0.15) is 0 Å². The fourth-order valence-corrected chi connectivity index (χ4v) is 4.07. The van der Waals surface area contributed by atoms with Crippen LogP contribution in [0.25, 0.3) is 22.0 Å². The van der Waals surface area contributed by atoms with Crippen LogP contribution in [-0.2, 0) is 22.6 Å². The maximum Gasteiger partial charge on any atom is 0.307 e. The van der Waals surface area contributed by atoms with Gasteiger partial charge < -0.3 is 13.9 Å². The van der Waals surface area contributed by atoms with Crippen LogP contribution < -0.4 is 5.56 Å². The number of halogens is 3. The molecule has 4 rings (SSSR count). The zero-order valence-electron chi connectivity index (χ0n) is 18.1. The Labute approximate surface area is 187 Å². The SMILES string of the molecule is COC(=O)CCn1c(C)c(-c2ccc(=O)n(Cc3cccc(F)c3F)c2)c2cc(F)ccc21. The number of ether oxygens (including phenoxy) is 1. The molecule has 0 N–H and O–H groups in total. The Morgan fingerprint density at radius 1 is 1.06 bits per heavy atom. The third kappa shape index (κ3) is 4.28. The van der Waals surface area contributed by atoms with Gasteiger partial charge in [-0.3, -0.25) is 9.59 Å². The minimum Gasteiger partial charge on any atom is -0.469 e. The third-order valence-electron chi connectivity index (χ3n) is 5.70. The predicted octanol–water partition coefficient (Wildman–Crippen LogP) is 4.81. The number of hydrogen-bond acceptors (Lipinski definition) is 3. The second-order valence-electron chi connectivity index (χ2n) is 7.70. The molecule has 8 heteroatoms. The summed E-state index contributed by atoms with van der Waals surface area (Å²) < 4.78 is 49.8. The zero-order valence-corrected chi connectivity index (χ0v) is 18.1. The molecule has 0 radical (unpaired) electrons. The van der Waals surface area contributed by atoms with E-state index >= 15 is 0 Å². The van der Waals surface area contributed by atoms with Crippen LogP contribution in [0.5, 0.6) is 0 Å². The molecule has 0 aliphatic rings. The lowest BCUT2D eigenvalue weighted by Crippen LogP contribution is -2.20. The first-order valence-electron chi connectivity index (χ1n) is 10.3. The monoisotopic (exact) mass is 454 g/mol. The molecule has 0 spiro atoms. The molecular formula is C25H21F3N2O3. The largest absolute Gasteiger partial charge is 0.469 e. The van der Waals surface area contributed by atoms with E-state index < -0.39 is 17.5 Å². The van der Waals surface area contributed by atoms with Gasteiger partial charge in [0.2, 0.25) is 0 Å². The van der Waals surface area contributed by atoms with E-state index in [0.29, 0.717) is 23.1 Å². The lowest BCUT2D eigenvalue weighted by molar-refractivity contribution is -0.140. The van der Waals surface area contributed by atoms with Gasteiger partial charge in [0.25, 0.3) is 5.56 Å². The highest BCUT2D eigenvalue weighted by atomic mass is 19.2. The fraction of sp³-hybridized carbons (Fsp3) is 0.200. The van der Waals surface area contributed by atoms with E-state index in [1.807, 2.05) is 11.5 Å². The summed E-state index contributed by atoms with van der Waals surface area (Å²) in [4.78, 5) is 24.1. The van der Waals surface area contributed by atoms with E-state index in [0.717, 1.165) is 17.3 Å². The first-order chi connectivity index (χ1) is 15.8. The standard InChI is InChI=1S/C25H21F3N2O3/c1-15-24(19-12-18(26)7-8-21(19)30(15)11-10-23(32)33-2)16-6-9-22(31)29(13-16)14-17-4-3-5-20(27)25(17)28/h3-9,12-13H,10-11,14H2,1-2H3. The molecule has 0 unspecified atom stereocenters. The number of benzene rings is 2. The summed E-state index contributed by atoms with van der Waals surface area (Å²) in [6, 6.07) is 11.1. The Morgan fingerprint density at radius 2 is 1.85 bits per heavy atom. The number of fused-ring (bicyclic) bond motifs is 1. The molecule has 0 saturated carbocycles. The normalized spacial score (nSPS) is 11.2. The molecule has 0 atom stereocenters. The number of aryl methyl sites for hydroxylation is 1. The van der Waals surface area contributed by atoms with E-state index in [1.165, 1.54) is 42.0 Å². The van der Waals surface area contributed by atoms with Crippen molar-refractivity contribution in [2.45, 2.75) is 26.4 Å². The van der Waals surface area contributed by atoms with Crippen molar-refractivity contribution in [3.63, 3.8) is 0 Å². The highest BCUT2D eigenvalue weighted by Crippen LogP contribution is 2.35. The van der Waals surface area contributed by atoms with E-state index in [9.17, 15) is 22.8 Å². The molecule has 0 fully saturated rings. The molecule has 0 saturated heterocycles. The molecule has 2 aromatic heterocycles. The lowest BCUT2D eigenvalue weighted by Gasteiger charge is -2.11. The van der Waals surface area contributed by atoms with Crippen LogP contribution in [0.1, 0.15) is 17.7 Å². The van der Waals surface area contributed by atoms with E-state index in [2.05, 4.69) is 0 Å². The van der Waals surface area contributed by atoms with Crippen LogP contribution in [-0.4, -0.2) is 22.2 Å². The number of carbonyl (C=O) groups excluding carboxylic acids is 1. The molecule has 2 heterocycles. The van der Waals surface area contributed by atoms with Crippen LogP contribution >= 0.6 is 0 Å². The Kier molecular flexibility index (Phi) is 6.09. The van der Waals surface area contributed by atoms with Gasteiger partial charge in [-0.15, -0.1) is 0 Å². The molecular weight excluding hydrogens is 433 g/mol. The van der Waals surface area contributed by atoms with Crippen molar-refractivity contribution in [1.29, 1.82) is 0 Å². The topological polar surface area (TPSA) is 53.2 Å². The number of methoxy groups -OCH3 is 1. The van der Waals surface area contributed by atoms with Crippen LogP contribution in [0.3, 0.4) is 0 Å². The van der Waals surface area contributed by atoms with Crippen LogP contribution in [0.15, 0.2) is 59.5 Å². The van der Waals surface area contributed by atoms with E-state index in [4.69, 9.17) is 4.74 Å². The van der Waals surface area contributed by atoms with Crippen molar-refractivity contribution in [1.82, 2.24) is 9.13 Å². The summed E-state index contributed by atoms with van der Waals surface area (Å²) in [5.41, 5.74) is 2.43. The van der Waals surface area contributed by atoms with Crippen molar-refractivity contribution in [3.05, 3.63) is 93.8 Å². The van der Waals surface area contributed by atoms with Gasteiger partial charge in [-0.25, -0.2) is 13.2 Å². The van der Waals surface area contributed by atoms with Crippen molar-refractivity contribution in [3.8, 4) is 11.1 Å². The summed E-state index contributed by atoms with van der Waals surface area (Å²) in [5, 5.41) is 0.611. The van der Waals surface area contributed by atoms with Crippen LogP contribution in [0.2, 0.25) is 0 Å². The van der Waals surface area contributed by atoms with Crippen molar-refractivity contribution >= 4 is 16.9 Å². The maximum atomic E-state index is 14.2. The minimum absolute atomic E-state index is 0.0394. The van der Waals surface area contributed by atoms with Crippen molar-refractivity contribution in [2.24, 2.45) is 0 Å². The second-order valence-corrected chi connectivity index (χ2v) is 7.70. The summed E-state index contributed by atoms with van der Waals surface area (Å²) in [6.45, 7) is 2.01. The third-order valence-corrected chi connectivity index (χ3v) is 5.70. The second kappa shape index (κ2) is 8.97. The molecule has 0 aliphatic carbocycles. The van der Waals surface area contributed by atoms with Gasteiger partial charge in [0.15, 0.2) is 11.6 Å². The Morgan fingerprint density at radius 3 is 2.61 bits per heavy atom. The lowest BCUT2D eigenvalue weighted by atomic mass is 10.0. The number of aromatic nitrogens is 2. The summed E-state index contributed by atoms with van der Waals surface area (Å²) in [5.74, 6) is -2.79. The molecule has 33 heavy (non-hydrogen) atoms. The molecule has 0 aliphatic heterocycles. The fourth-order valence-electron chi connectivity index (χ4n) is 4.07. The number of esters is 1. The number of carbonyl (C=O) groups is 1. The quantitative estimate of drug-likeness (QED) is 0.393. The molecule has 2 aromatic carbocycles. The van der Waals surface area contributed by atoms with Gasteiger partial charge in [0, 0.05) is 52.1 Å². The number of hydrogen-bond donors (Lipinski definition) is 0. The minimum atomic E-state index is -1.01. The Hall–Kier alpha value is -3.81. The van der Waals surface area contributed by atoms with Gasteiger partial charge in [-0.05, 0) is 37.3 Å². The molecule has 170 valence electrons. The smallest absolute Gasteiger partial charge is 0.307 e. The molecule has 0 bridgehead atoms. The molecule has 5 nitrogen and oxygen atoms in total. The van der Waals surface area contributed by atoms with Gasteiger partial charge in [0.1, 0.15) is 5.82 Å².